The SMILES string of the molecule is C=C1CCc2ccc(F)cc2C(=O)N2CCCCC2c2cc3nc(N4CC(C)C4)cc(n3n2)N(C)CC(C(F)(F)F)N1. The number of halogens is 4. The average Bonchev–Trinajstić information content (AvgIpc) is 3.36. The lowest BCUT2D eigenvalue weighted by Crippen LogP contribution is -2.49. The zero-order chi connectivity index (χ0) is 29.8. The van der Waals surface area contributed by atoms with Crippen LogP contribution in [-0.4, -0.2) is 70.8 Å². The normalized spacial score (nSPS) is 22.7. The summed E-state index contributed by atoms with van der Waals surface area (Å²) in [6, 6.07) is 5.36. The summed E-state index contributed by atoms with van der Waals surface area (Å²) in [5, 5.41) is 7.41. The number of alkyl halides is 3. The number of carbonyl (C=O) groups excluding carboxylic acids is 1. The van der Waals surface area contributed by atoms with Crippen LogP contribution in [-0.2, 0) is 6.42 Å². The highest BCUT2D eigenvalue weighted by atomic mass is 19.4. The number of piperidine rings is 1. The third-order valence-corrected chi connectivity index (χ3v) is 8.53. The lowest BCUT2D eigenvalue weighted by Gasteiger charge is -2.38. The Labute approximate surface area is 242 Å². The van der Waals surface area contributed by atoms with Gasteiger partial charge in [-0.3, -0.25) is 4.79 Å². The molecule has 8 nitrogen and oxygen atoms in total. The number of benzene rings is 1. The molecule has 2 aromatic heterocycles. The molecule has 2 bridgehead atoms. The first kappa shape index (κ1) is 28.3. The fourth-order valence-corrected chi connectivity index (χ4v) is 6.25. The van der Waals surface area contributed by atoms with E-state index in [1.54, 1.807) is 27.4 Å². The number of nitrogens with zero attached hydrogens (tertiary/aromatic N) is 6. The molecule has 2 atom stereocenters. The van der Waals surface area contributed by atoms with Crippen LogP contribution in [0.5, 0.6) is 0 Å². The third kappa shape index (κ3) is 5.38. The quantitative estimate of drug-likeness (QED) is 0.401. The molecule has 6 rings (SSSR count). The number of aryl methyl sites for hydroxylation is 1. The second-order valence-corrected chi connectivity index (χ2v) is 11.9. The molecule has 0 aliphatic carbocycles. The molecule has 1 N–H and O–H groups in total. The number of rotatable bonds is 1. The number of hydrogen-bond donors (Lipinski definition) is 1. The molecule has 2 fully saturated rings. The molecule has 1 aromatic carbocycles. The number of nitrogens with one attached hydrogen (secondary N) is 1. The predicted octanol–water partition coefficient (Wildman–Crippen LogP) is 5.11. The number of carbonyl (C=O) groups is 1. The summed E-state index contributed by atoms with van der Waals surface area (Å²) in [6.07, 6.45) is -1.81. The van der Waals surface area contributed by atoms with Crippen molar-refractivity contribution in [3.63, 3.8) is 0 Å². The smallest absolute Gasteiger partial charge is 0.376 e. The highest BCUT2D eigenvalue weighted by Crippen LogP contribution is 2.35. The van der Waals surface area contributed by atoms with Crippen LogP contribution in [0.2, 0.25) is 0 Å². The highest BCUT2D eigenvalue weighted by Gasteiger charge is 2.41. The molecule has 1 amide bonds. The third-order valence-electron chi connectivity index (χ3n) is 8.53. The number of allylic oxidation sites excluding steroid dienone is 1. The van der Waals surface area contributed by atoms with E-state index in [4.69, 9.17) is 10.1 Å². The fraction of sp³-hybridized carbons (Fsp3) is 0.500. The molecule has 2 saturated heterocycles. The van der Waals surface area contributed by atoms with E-state index in [1.165, 1.54) is 18.2 Å². The summed E-state index contributed by atoms with van der Waals surface area (Å²) in [6.45, 7) is 7.72. The largest absolute Gasteiger partial charge is 0.410 e. The molecule has 2 unspecified atom stereocenters. The van der Waals surface area contributed by atoms with Gasteiger partial charge in [0.15, 0.2) is 5.65 Å². The van der Waals surface area contributed by atoms with Gasteiger partial charge in [0.25, 0.3) is 5.91 Å². The first-order valence-corrected chi connectivity index (χ1v) is 14.4. The predicted molar refractivity (Wildman–Crippen MR) is 152 cm³/mol. The second kappa shape index (κ2) is 10.8. The Hall–Kier alpha value is -3.83. The molecule has 3 aliphatic heterocycles. The van der Waals surface area contributed by atoms with Gasteiger partial charge in [0.2, 0.25) is 0 Å². The van der Waals surface area contributed by atoms with Crippen molar-refractivity contribution in [3.05, 3.63) is 65.2 Å². The van der Waals surface area contributed by atoms with Crippen molar-refractivity contribution < 1.29 is 22.4 Å². The summed E-state index contributed by atoms with van der Waals surface area (Å²) in [4.78, 5) is 24.2. The van der Waals surface area contributed by atoms with E-state index < -0.39 is 18.0 Å². The number of aromatic nitrogens is 3. The van der Waals surface area contributed by atoms with Gasteiger partial charge in [-0.05, 0) is 55.7 Å². The van der Waals surface area contributed by atoms with Crippen molar-refractivity contribution in [2.24, 2.45) is 5.92 Å². The Balaban J connectivity index is 1.50. The molecule has 0 saturated carbocycles. The molecule has 5 heterocycles. The zero-order valence-corrected chi connectivity index (χ0v) is 23.8. The minimum atomic E-state index is -4.56. The van der Waals surface area contributed by atoms with Crippen molar-refractivity contribution in [1.82, 2.24) is 24.8 Å². The molecule has 42 heavy (non-hydrogen) atoms. The number of hydrogen-bond acceptors (Lipinski definition) is 6. The Morgan fingerprint density at radius 2 is 1.86 bits per heavy atom. The van der Waals surface area contributed by atoms with Crippen molar-refractivity contribution in [3.8, 4) is 0 Å². The lowest BCUT2D eigenvalue weighted by atomic mass is 9.95. The number of fused-ring (bicyclic) bond motifs is 4. The van der Waals surface area contributed by atoms with E-state index >= 15 is 0 Å². The monoisotopic (exact) mass is 585 g/mol. The van der Waals surface area contributed by atoms with Crippen LogP contribution in [0.1, 0.15) is 60.3 Å². The molecule has 3 aliphatic rings. The van der Waals surface area contributed by atoms with Gasteiger partial charge in [-0.2, -0.15) is 22.8 Å². The summed E-state index contributed by atoms with van der Waals surface area (Å²) in [5.41, 5.74) is 2.08. The standard InChI is InChI=1S/C30H35F4N7O/c1-18-15-39(16-18)26-14-28-38(3)17-25(30(32,33)34)35-19(2)7-8-20-9-10-21(31)12-22(20)29(42)40-11-5-4-6-24(40)23-13-27(36-26)41(28)37-23/h9-10,12-14,18,24-25,35H,2,4-8,11,15-17H2,1,3H3. The summed E-state index contributed by atoms with van der Waals surface area (Å²) in [7, 11) is 1.62. The minimum Gasteiger partial charge on any atom is -0.376 e. The maximum absolute atomic E-state index is 14.4. The fourth-order valence-electron chi connectivity index (χ4n) is 6.25. The van der Waals surface area contributed by atoms with Gasteiger partial charge >= 0.3 is 6.18 Å². The molecular weight excluding hydrogens is 550 g/mol. The van der Waals surface area contributed by atoms with Crippen LogP contribution in [0.3, 0.4) is 0 Å². The maximum Gasteiger partial charge on any atom is 0.410 e. The molecule has 224 valence electrons. The van der Waals surface area contributed by atoms with Crippen LogP contribution in [0, 0.1) is 11.7 Å². The summed E-state index contributed by atoms with van der Waals surface area (Å²) >= 11 is 0. The van der Waals surface area contributed by atoms with Gasteiger partial charge in [-0.1, -0.05) is 19.6 Å². The van der Waals surface area contributed by atoms with Crippen molar-refractivity contribution in [2.45, 2.75) is 57.3 Å². The van der Waals surface area contributed by atoms with E-state index in [-0.39, 0.29) is 42.6 Å². The van der Waals surface area contributed by atoms with Crippen molar-refractivity contribution in [1.29, 1.82) is 0 Å². The number of amides is 1. The second-order valence-electron chi connectivity index (χ2n) is 11.9. The summed E-state index contributed by atoms with van der Waals surface area (Å²) < 4.78 is 58.9. The lowest BCUT2D eigenvalue weighted by molar-refractivity contribution is -0.151. The van der Waals surface area contributed by atoms with Gasteiger partial charge in [-0.15, -0.1) is 0 Å². The molecule has 0 radical (unpaired) electrons. The molecule has 0 spiro atoms. The molecular formula is C30H35F4N7O. The Bertz CT molecular complexity index is 1510. The van der Waals surface area contributed by atoms with E-state index in [0.29, 0.717) is 47.4 Å². The minimum absolute atomic E-state index is 0.156. The number of likely N-dealkylation sites (N-methyl/N-ethyl adjacent to an activating group) is 1. The number of anilines is 2. The van der Waals surface area contributed by atoms with Crippen LogP contribution in [0.4, 0.5) is 29.2 Å². The highest BCUT2D eigenvalue weighted by molar-refractivity contribution is 5.96. The molecule has 12 heteroatoms. The summed E-state index contributed by atoms with van der Waals surface area (Å²) in [5.74, 6) is 0.783. The van der Waals surface area contributed by atoms with Crippen LogP contribution in [0.25, 0.3) is 5.65 Å². The van der Waals surface area contributed by atoms with Crippen LogP contribution < -0.4 is 15.1 Å². The van der Waals surface area contributed by atoms with Gasteiger partial charge in [0, 0.05) is 56.6 Å². The van der Waals surface area contributed by atoms with Crippen LogP contribution >= 0.6 is 0 Å². The van der Waals surface area contributed by atoms with E-state index in [2.05, 4.69) is 23.7 Å². The first-order chi connectivity index (χ1) is 20.0. The Kier molecular flexibility index (Phi) is 7.26. The van der Waals surface area contributed by atoms with Crippen LogP contribution in [0.15, 0.2) is 42.6 Å². The maximum atomic E-state index is 14.4. The van der Waals surface area contributed by atoms with E-state index in [0.717, 1.165) is 25.9 Å². The van der Waals surface area contributed by atoms with Gasteiger partial charge in [0.05, 0.1) is 11.7 Å². The Morgan fingerprint density at radius 3 is 2.60 bits per heavy atom. The van der Waals surface area contributed by atoms with E-state index in [9.17, 15) is 22.4 Å². The van der Waals surface area contributed by atoms with Gasteiger partial charge in [-0.25, -0.2) is 9.37 Å². The average molecular weight is 586 g/mol. The van der Waals surface area contributed by atoms with Crippen molar-refractivity contribution >= 4 is 23.2 Å². The van der Waals surface area contributed by atoms with Gasteiger partial charge < -0.3 is 20.0 Å². The van der Waals surface area contributed by atoms with E-state index in [1.807, 2.05) is 6.07 Å². The Morgan fingerprint density at radius 1 is 1.07 bits per heavy atom. The molecule has 3 aromatic rings. The topological polar surface area (TPSA) is 69.0 Å². The first-order valence-electron chi connectivity index (χ1n) is 14.4. The van der Waals surface area contributed by atoms with Gasteiger partial charge in [0.1, 0.15) is 23.5 Å². The zero-order valence-electron chi connectivity index (χ0n) is 23.8. The van der Waals surface area contributed by atoms with Crippen molar-refractivity contribution in [2.75, 3.05) is 43.0 Å².